The molecular weight excluding hydrogens is 290 g/mol. The Hall–Kier alpha value is -2.56. The van der Waals surface area contributed by atoms with Gasteiger partial charge < -0.3 is 14.9 Å². The van der Waals surface area contributed by atoms with E-state index in [-0.39, 0.29) is 17.7 Å². The van der Waals surface area contributed by atoms with E-state index in [0.29, 0.717) is 5.56 Å². The number of amides is 1. The van der Waals surface area contributed by atoms with Crippen LogP contribution in [0.2, 0.25) is 0 Å². The van der Waals surface area contributed by atoms with Crippen molar-refractivity contribution >= 4 is 11.6 Å². The second-order valence-corrected chi connectivity index (χ2v) is 5.93. The van der Waals surface area contributed by atoms with Gasteiger partial charge in [-0.05, 0) is 31.0 Å². The first-order chi connectivity index (χ1) is 11.1. The summed E-state index contributed by atoms with van der Waals surface area (Å²) in [6, 6.07) is 11.9. The van der Waals surface area contributed by atoms with Crippen molar-refractivity contribution in [3.8, 4) is 5.75 Å². The standard InChI is InChI=1S/C18H21N3O2/c1-20(18(23)14-10-17(22)12-19-11-14)16-8-5-9-21(13-16)15-6-3-2-4-7-15/h2-4,6-7,10-12,16,22H,5,8-9,13H2,1H3. The molecule has 5 heteroatoms. The van der Waals surface area contributed by atoms with Gasteiger partial charge in [-0.2, -0.15) is 0 Å². The van der Waals surface area contributed by atoms with Crippen LogP contribution in [0.1, 0.15) is 23.2 Å². The van der Waals surface area contributed by atoms with Crippen molar-refractivity contribution in [3.63, 3.8) is 0 Å². The van der Waals surface area contributed by atoms with Crippen molar-refractivity contribution in [2.24, 2.45) is 0 Å². The molecule has 2 heterocycles. The van der Waals surface area contributed by atoms with Crippen molar-refractivity contribution in [3.05, 3.63) is 54.4 Å². The van der Waals surface area contributed by atoms with Gasteiger partial charge in [-0.25, -0.2) is 0 Å². The van der Waals surface area contributed by atoms with Gasteiger partial charge in [-0.3, -0.25) is 9.78 Å². The van der Waals surface area contributed by atoms with Gasteiger partial charge in [0.1, 0.15) is 5.75 Å². The Morgan fingerprint density at radius 1 is 1.30 bits per heavy atom. The molecule has 1 aliphatic rings. The quantitative estimate of drug-likeness (QED) is 0.946. The van der Waals surface area contributed by atoms with Crippen LogP contribution in [0.5, 0.6) is 5.75 Å². The van der Waals surface area contributed by atoms with Gasteiger partial charge in [-0.1, -0.05) is 18.2 Å². The topological polar surface area (TPSA) is 56.7 Å². The maximum Gasteiger partial charge on any atom is 0.255 e. The van der Waals surface area contributed by atoms with Crippen molar-refractivity contribution in [2.75, 3.05) is 25.0 Å². The molecule has 2 aromatic rings. The number of pyridine rings is 1. The second kappa shape index (κ2) is 6.69. The third kappa shape index (κ3) is 3.44. The highest BCUT2D eigenvalue weighted by molar-refractivity contribution is 5.94. The summed E-state index contributed by atoms with van der Waals surface area (Å²) in [5.74, 6) is -0.0906. The smallest absolute Gasteiger partial charge is 0.255 e. The molecule has 0 radical (unpaired) electrons. The lowest BCUT2D eigenvalue weighted by atomic mass is 10.0. The number of anilines is 1. The van der Waals surface area contributed by atoms with Crippen LogP contribution in [0, 0.1) is 0 Å². The van der Waals surface area contributed by atoms with Crippen LogP contribution in [-0.2, 0) is 0 Å². The highest BCUT2D eigenvalue weighted by atomic mass is 16.3. The normalized spacial score (nSPS) is 17.8. The molecule has 0 bridgehead atoms. The van der Waals surface area contributed by atoms with Crippen LogP contribution in [0.15, 0.2) is 48.8 Å². The Labute approximate surface area is 136 Å². The molecule has 1 fully saturated rings. The number of carbonyl (C=O) groups is 1. The first-order valence-electron chi connectivity index (χ1n) is 7.86. The largest absolute Gasteiger partial charge is 0.506 e. The lowest BCUT2D eigenvalue weighted by molar-refractivity contribution is 0.0716. The molecule has 3 rings (SSSR count). The van der Waals surface area contributed by atoms with E-state index < -0.39 is 0 Å². The minimum absolute atomic E-state index is 0.0128. The molecule has 1 unspecified atom stereocenters. The summed E-state index contributed by atoms with van der Waals surface area (Å²) in [6.45, 7) is 1.83. The van der Waals surface area contributed by atoms with E-state index in [1.165, 1.54) is 24.1 Å². The van der Waals surface area contributed by atoms with Crippen LogP contribution in [0.4, 0.5) is 5.69 Å². The van der Waals surface area contributed by atoms with E-state index in [9.17, 15) is 9.90 Å². The minimum Gasteiger partial charge on any atom is -0.506 e. The number of aromatic hydroxyl groups is 1. The number of para-hydroxylation sites is 1. The van der Waals surface area contributed by atoms with Crippen molar-refractivity contribution in [1.82, 2.24) is 9.88 Å². The Bertz CT molecular complexity index is 675. The Kier molecular flexibility index (Phi) is 4.46. The molecule has 1 saturated heterocycles. The molecular formula is C18H21N3O2. The number of piperidine rings is 1. The third-order valence-corrected chi connectivity index (χ3v) is 4.36. The van der Waals surface area contributed by atoms with Crippen LogP contribution in [0.25, 0.3) is 0 Å². The van der Waals surface area contributed by atoms with E-state index in [1.807, 2.05) is 25.2 Å². The highest BCUT2D eigenvalue weighted by Gasteiger charge is 2.27. The number of carbonyl (C=O) groups excluding carboxylic acids is 1. The van der Waals surface area contributed by atoms with E-state index in [1.54, 1.807) is 4.90 Å². The van der Waals surface area contributed by atoms with Gasteiger partial charge in [0, 0.05) is 38.1 Å². The zero-order valence-corrected chi connectivity index (χ0v) is 13.2. The molecule has 0 spiro atoms. The van der Waals surface area contributed by atoms with Crippen molar-refractivity contribution in [2.45, 2.75) is 18.9 Å². The average molecular weight is 311 g/mol. The lowest BCUT2D eigenvalue weighted by Gasteiger charge is -2.38. The Balaban J connectivity index is 1.72. The fourth-order valence-corrected chi connectivity index (χ4v) is 3.06. The van der Waals surface area contributed by atoms with Crippen molar-refractivity contribution < 1.29 is 9.90 Å². The molecule has 0 saturated carbocycles. The molecule has 1 aromatic heterocycles. The number of rotatable bonds is 3. The molecule has 1 aromatic carbocycles. The fourth-order valence-electron chi connectivity index (χ4n) is 3.06. The first-order valence-corrected chi connectivity index (χ1v) is 7.86. The lowest BCUT2D eigenvalue weighted by Crippen LogP contribution is -2.48. The summed E-state index contributed by atoms with van der Waals surface area (Å²) in [7, 11) is 1.82. The van der Waals surface area contributed by atoms with E-state index in [4.69, 9.17) is 0 Å². The average Bonchev–Trinajstić information content (AvgIpc) is 2.61. The molecule has 1 amide bonds. The van der Waals surface area contributed by atoms with Crippen LogP contribution in [0.3, 0.4) is 0 Å². The zero-order chi connectivity index (χ0) is 16.2. The second-order valence-electron chi connectivity index (χ2n) is 5.93. The van der Waals surface area contributed by atoms with Gasteiger partial charge >= 0.3 is 0 Å². The predicted molar refractivity (Wildman–Crippen MR) is 89.7 cm³/mol. The summed E-state index contributed by atoms with van der Waals surface area (Å²) < 4.78 is 0. The molecule has 1 aliphatic heterocycles. The Morgan fingerprint density at radius 3 is 2.83 bits per heavy atom. The minimum atomic E-state index is -0.103. The fraction of sp³-hybridized carbons (Fsp3) is 0.333. The molecule has 120 valence electrons. The third-order valence-electron chi connectivity index (χ3n) is 4.36. The molecule has 1 atom stereocenters. The molecule has 5 nitrogen and oxygen atoms in total. The monoisotopic (exact) mass is 311 g/mol. The number of likely N-dealkylation sites (N-methyl/N-ethyl adjacent to an activating group) is 1. The summed E-state index contributed by atoms with van der Waals surface area (Å²) in [6.07, 6.45) is 4.86. The summed E-state index contributed by atoms with van der Waals surface area (Å²) >= 11 is 0. The number of hydrogen-bond donors (Lipinski definition) is 1. The van der Waals surface area contributed by atoms with E-state index >= 15 is 0 Å². The first kappa shape index (κ1) is 15.3. The number of hydrogen-bond acceptors (Lipinski definition) is 4. The zero-order valence-electron chi connectivity index (χ0n) is 13.2. The van der Waals surface area contributed by atoms with E-state index in [0.717, 1.165) is 25.9 Å². The molecule has 23 heavy (non-hydrogen) atoms. The highest BCUT2D eigenvalue weighted by Crippen LogP contribution is 2.23. The maximum atomic E-state index is 12.6. The summed E-state index contributed by atoms with van der Waals surface area (Å²) in [4.78, 5) is 20.6. The van der Waals surface area contributed by atoms with Crippen LogP contribution >= 0.6 is 0 Å². The van der Waals surface area contributed by atoms with Gasteiger partial charge in [0.05, 0.1) is 11.8 Å². The van der Waals surface area contributed by atoms with Crippen LogP contribution in [-0.4, -0.2) is 47.1 Å². The van der Waals surface area contributed by atoms with Gasteiger partial charge in [-0.15, -0.1) is 0 Å². The number of aromatic nitrogens is 1. The van der Waals surface area contributed by atoms with Gasteiger partial charge in [0.2, 0.25) is 0 Å². The van der Waals surface area contributed by atoms with Gasteiger partial charge in [0.15, 0.2) is 0 Å². The van der Waals surface area contributed by atoms with E-state index in [2.05, 4.69) is 22.0 Å². The van der Waals surface area contributed by atoms with Gasteiger partial charge in [0.25, 0.3) is 5.91 Å². The summed E-state index contributed by atoms with van der Waals surface area (Å²) in [5, 5.41) is 9.50. The van der Waals surface area contributed by atoms with Crippen LogP contribution < -0.4 is 4.90 Å². The van der Waals surface area contributed by atoms with Crippen molar-refractivity contribution in [1.29, 1.82) is 0 Å². The Morgan fingerprint density at radius 2 is 2.09 bits per heavy atom. The molecule has 1 N–H and O–H groups in total. The predicted octanol–water partition coefficient (Wildman–Crippen LogP) is 2.53. The summed E-state index contributed by atoms with van der Waals surface area (Å²) in [5.41, 5.74) is 1.61. The molecule has 0 aliphatic carbocycles. The SMILES string of the molecule is CN(C(=O)c1cncc(O)c1)C1CCCN(c2ccccc2)C1. The maximum absolute atomic E-state index is 12.6. The number of benzene rings is 1. The number of nitrogens with zero attached hydrogens (tertiary/aromatic N) is 3.